The number of hydrogen-bond acceptors (Lipinski definition) is 0. The van der Waals surface area contributed by atoms with Crippen LogP contribution in [0.3, 0.4) is 0 Å². The molecule has 0 fully saturated rings. The first-order chi connectivity index (χ1) is 5.77. The van der Waals surface area contributed by atoms with Crippen molar-refractivity contribution in [2.24, 2.45) is 0 Å². The van der Waals surface area contributed by atoms with Gasteiger partial charge in [0.2, 0.25) is 0 Å². The van der Waals surface area contributed by atoms with Crippen LogP contribution in [-0.4, -0.2) is 0 Å². The Balaban J connectivity index is 2.84. The summed E-state index contributed by atoms with van der Waals surface area (Å²) in [5.41, 5.74) is 2.32. The lowest BCUT2D eigenvalue weighted by molar-refractivity contribution is 0.884. The van der Waals surface area contributed by atoms with Crippen molar-refractivity contribution in [2.45, 2.75) is 18.7 Å². The van der Waals surface area contributed by atoms with Gasteiger partial charge in [-0.15, -0.1) is 11.6 Å². The molecule has 12 heavy (non-hydrogen) atoms. The molecule has 1 unspecified atom stereocenters. The van der Waals surface area contributed by atoms with E-state index >= 15 is 0 Å². The minimum absolute atomic E-state index is 0.142. The largest absolute Gasteiger partial charge is 0.118 e. The highest BCUT2D eigenvalue weighted by Gasteiger charge is 2.02. The van der Waals surface area contributed by atoms with Crippen molar-refractivity contribution in [1.82, 2.24) is 0 Å². The van der Waals surface area contributed by atoms with Gasteiger partial charge in [-0.05, 0) is 17.5 Å². The summed E-state index contributed by atoms with van der Waals surface area (Å²) < 4.78 is 0. The molecular formula is C11H13Cl. The van der Waals surface area contributed by atoms with Crippen molar-refractivity contribution in [2.75, 3.05) is 0 Å². The summed E-state index contributed by atoms with van der Waals surface area (Å²) in [6, 6.07) is 8.18. The second-order valence-corrected chi connectivity index (χ2v) is 3.27. The lowest BCUT2D eigenvalue weighted by atomic mass is 10.1. The standard InChI is InChI=1S/C11H13Cl/c1-3-9-5-7-10(8-6-9)11(12)4-2/h3,5-8,11H,1,4H2,2H3. The van der Waals surface area contributed by atoms with E-state index in [-0.39, 0.29) is 5.38 Å². The monoisotopic (exact) mass is 180 g/mol. The molecule has 0 saturated heterocycles. The molecule has 0 radical (unpaired) electrons. The highest BCUT2D eigenvalue weighted by Crippen LogP contribution is 2.23. The van der Waals surface area contributed by atoms with Gasteiger partial charge in [0.05, 0.1) is 5.38 Å². The quantitative estimate of drug-likeness (QED) is 0.617. The van der Waals surface area contributed by atoms with Crippen LogP contribution in [0.1, 0.15) is 29.8 Å². The van der Waals surface area contributed by atoms with Crippen LogP contribution in [0, 0.1) is 0 Å². The van der Waals surface area contributed by atoms with E-state index in [0.29, 0.717) is 0 Å². The average Bonchev–Trinajstić information content (AvgIpc) is 2.17. The van der Waals surface area contributed by atoms with E-state index in [9.17, 15) is 0 Å². The van der Waals surface area contributed by atoms with Crippen LogP contribution in [0.4, 0.5) is 0 Å². The van der Waals surface area contributed by atoms with Crippen molar-refractivity contribution >= 4 is 17.7 Å². The molecule has 0 N–H and O–H groups in total. The predicted molar refractivity (Wildman–Crippen MR) is 55.4 cm³/mol. The van der Waals surface area contributed by atoms with Crippen molar-refractivity contribution in [3.63, 3.8) is 0 Å². The Morgan fingerprint density at radius 3 is 2.42 bits per heavy atom. The van der Waals surface area contributed by atoms with Crippen molar-refractivity contribution in [3.8, 4) is 0 Å². The second kappa shape index (κ2) is 4.32. The van der Waals surface area contributed by atoms with E-state index in [1.807, 2.05) is 18.2 Å². The summed E-state index contributed by atoms with van der Waals surface area (Å²) in [6.45, 7) is 5.78. The number of alkyl halides is 1. The third-order valence-corrected chi connectivity index (χ3v) is 2.45. The molecule has 1 aromatic rings. The van der Waals surface area contributed by atoms with Gasteiger partial charge >= 0.3 is 0 Å². The Bertz CT molecular complexity index is 248. The Morgan fingerprint density at radius 2 is 2.00 bits per heavy atom. The molecule has 1 heteroatoms. The Morgan fingerprint density at radius 1 is 1.42 bits per heavy atom. The van der Waals surface area contributed by atoms with E-state index in [1.165, 1.54) is 5.56 Å². The fraction of sp³-hybridized carbons (Fsp3) is 0.273. The fourth-order valence-electron chi connectivity index (χ4n) is 1.08. The van der Waals surface area contributed by atoms with Gasteiger partial charge in [0.1, 0.15) is 0 Å². The highest BCUT2D eigenvalue weighted by atomic mass is 35.5. The maximum absolute atomic E-state index is 6.06. The van der Waals surface area contributed by atoms with Crippen molar-refractivity contribution < 1.29 is 0 Å². The summed E-state index contributed by atoms with van der Waals surface area (Å²) in [5, 5.41) is 0.142. The van der Waals surface area contributed by atoms with Crippen molar-refractivity contribution in [1.29, 1.82) is 0 Å². The lowest BCUT2D eigenvalue weighted by Crippen LogP contribution is -1.87. The summed E-state index contributed by atoms with van der Waals surface area (Å²) in [6.07, 6.45) is 2.80. The van der Waals surface area contributed by atoms with E-state index in [2.05, 4.69) is 25.6 Å². The van der Waals surface area contributed by atoms with Gasteiger partial charge in [-0.3, -0.25) is 0 Å². The van der Waals surface area contributed by atoms with Gasteiger partial charge in [0, 0.05) is 0 Å². The summed E-state index contributed by atoms with van der Waals surface area (Å²) in [4.78, 5) is 0. The zero-order valence-corrected chi connectivity index (χ0v) is 8.01. The van der Waals surface area contributed by atoms with Crippen LogP contribution in [0.25, 0.3) is 6.08 Å². The molecular weight excluding hydrogens is 168 g/mol. The molecule has 64 valence electrons. The van der Waals surface area contributed by atoms with Crippen LogP contribution < -0.4 is 0 Å². The van der Waals surface area contributed by atoms with E-state index in [0.717, 1.165) is 12.0 Å². The Labute approximate surface area is 78.9 Å². The molecule has 0 saturated carbocycles. The van der Waals surface area contributed by atoms with Crippen LogP contribution in [0.2, 0.25) is 0 Å². The summed E-state index contributed by atoms with van der Waals surface area (Å²) in [7, 11) is 0. The van der Waals surface area contributed by atoms with E-state index in [4.69, 9.17) is 11.6 Å². The van der Waals surface area contributed by atoms with Crippen molar-refractivity contribution in [3.05, 3.63) is 42.0 Å². The third kappa shape index (κ3) is 2.12. The molecule has 0 amide bonds. The Kier molecular flexibility index (Phi) is 3.36. The first-order valence-electron chi connectivity index (χ1n) is 4.14. The normalized spacial score (nSPS) is 12.5. The molecule has 1 atom stereocenters. The highest BCUT2D eigenvalue weighted by molar-refractivity contribution is 6.20. The van der Waals surface area contributed by atoms with Crippen LogP contribution in [0.5, 0.6) is 0 Å². The number of benzene rings is 1. The Hall–Kier alpha value is -0.750. The molecule has 0 heterocycles. The average molecular weight is 181 g/mol. The smallest absolute Gasteiger partial charge is 0.0582 e. The van der Waals surface area contributed by atoms with Gasteiger partial charge in [0.15, 0.2) is 0 Å². The van der Waals surface area contributed by atoms with Gasteiger partial charge in [-0.2, -0.15) is 0 Å². The zero-order chi connectivity index (χ0) is 8.97. The maximum atomic E-state index is 6.06. The van der Waals surface area contributed by atoms with Gasteiger partial charge < -0.3 is 0 Å². The molecule has 0 spiro atoms. The molecule has 0 aliphatic carbocycles. The third-order valence-electron chi connectivity index (χ3n) is 1.89. The summed E-state index contributed by atoms with van der Waals surface area (Å²) in [5.74, 6) is 0. The minimum Gasteiger partial charge on any atom is -0.118 e. The summed E-state index contributed by atoms with van der Waals surface area (Å²) >= 11 is 6.06. The number of hydrogen-bond donors (Lipinski definition) is 0. The first kappa shape index (κ1) is 9.34. The molecule has 0 bridgehead atoms. The second-order valence-electron chi connectivity index (χ2n) is 2.75. The first-order valence-corrected chi connectivity index (χ1v) is 4.58. The topological polar surface area (TPSA) is 0 Å². The SMILES string of the molecule is C=Cc1ccc(C(Cl)CC)cc1. The van der Waals surface area contributed by atoms with Gasteiger partial charge in [-0.1, -0.05) is 43.8 Å². The van der Waals surface area contributed by atoms with Crippen LogP contribution >= 0.6 is 11.6 Å². The molecule has 0 nitrogen and oxygen atoms in total. The van der Waals surface area contributed by atoms with Gasteiger partial charge in [-0.25, -0.2) is 0 Å². The fourth-order valence-corrected chi connectivity index (χ4v) is 1.22. The van der Waals surface area contributed by atoms with Gasteiger partial charge in [0.25, 0.3) is 0 Å². The molecule has 0 aliphatic heterocycles. The van der Waals surface area contributed by atoms with E-state index in [1.54, 1.807) is 0 Å². The number of halogens is 1. The van der Waals surface area contributed by atoms with Crippen LogP contribution in [-0.2, 0) is 0 Å². The molecule has 1 rings (SSSR count). The number of rotatable bonds is 3. The van der Waals surface area contributed by atoms with E-state index < -0.39 is 0 Å². The van der Waals surface area contributed by atoms with Crippen LogP contribution in [0.15, 0.2) is 30.8 Å². The molecule has 1 aromatic carbocycles. The molecule has 0 aromatic heterocycles. The maximum Gasteiger partial charge on any atom is 0.0582 e. The lowest BCUT2D eigenvalue weighted by Gasteiger charge is -2.06. The minimum atomic E-state index is 0.142. The zero-order valence-electron chi connectivity index (χ0n) is 7.26. The molecule has 0 aliphatic rings. The predicted octanol–water partition coefficient (Wildman–Crippen LogP) is 4.02.